The van der Waals surface area contributed by atoms with Crippen LogP contribution in [0.15, 0.2) is 60.9 Å². The maximum Gasteiger partial charge on any atom is 0.240 e. The van der Waals surface area contributed by atoms with E-state index in [1.54, 1.807) is 18.3 Å². The molecule has 0 saturated carbocycles. The molecule has 0 aliphatic carbocycles. The van der Waals surface area contributed by atoms with Gasteiger partial charge in [-0.15, -0.1) is 5.10 Å². The zero-order chi connectivity index (χ0) is 17.7. The second kappa shape index (κ2) is 5.38. The molecular formula is C19H13FN6. The van der Waals surface area contributed by atoms with Gasteiger partial charge >= 0.3 is 0 Å². The summed E-state index contributed by atoms with van der Waals surface area (Å²) in [5.41, 5.74) is 10.5. The van der Waals surface area contributed by atoms with Gasteiger partial charge in [-0.2, -0.15) is 4.39 Å². The standard InChI is InChI=1S/C19H13FN6/c20-17-13-10-12(6-7-14(13)24-25-17)16-15(11-4-2-1-3-5-11)23-18(21)19-22-8-9-26(16)19/h1-10H,(H2,21,23)(H,24,25). The molecule has 3 N–H and O–H groups in total. The molecule has 3 heterocycles. The minimum atomic E-state index is -0.534. The molecule has 6 nitrogen and oxygen atoms in total. The monoisotopic (exact) mass is 344 g/mol. The maximum absolute atomic E-state index is 14.0. The molecule has 0 radical (unpaired) electrons. The molecule has 5 rings (SSSR count). The van der Waals surface area contributed by atoms with Crippen molar-refractivity contribution in [2.45, 2.75) is 0 Å². The van der Waals surface area contributed by atoms with E-state index in [0.717, 1.165) is 16.8 Å². The molecule has 0 bridgehead atoms. The molecule has 0 amide bonds. The van der Waals surface area contributed by atoms with Crippen LogP contribution in [0.2, 0.25) is 0 Å². The van der Waals surface area contributed by atoms with E-state index >= 15 is 0 Å². The Kier molecular flexibility index (Phi) is 3.02. The first kappa shape index (κ1) is 14.6. The fraction of sp³-hybridized carbons (Fsp3) is 0. The number of H-pyrrole nitrogens is 1. The predicted molar refractivity (Wildman–Crippen MR) is 97.9 cm³/mol. The summed E-state index contributed by atoms with van der Waals surface area (Å²) in [5, 5.41) is 6.73. The molecule has 5 aromatic rings. The van der Waals surface area contributed by atoms with E-state index in [1.807, 2.05) is 47.0 Å². The molecule has 0 saturated heterocycles. The van der Waals surface area contributed by atoms with Crippen molar-refractivity contribution in [3.05, 3.63) is 66.9 Å². The zero-order valence-electron chi connectivity index (χ0n) is 13.5. The fourth-order valence-corrected chi connectivity index (χ4v) is 3.21. The van der Waals surface area contributed by atoms with E-state index < -0.39 is 5.95 Å². The summed E-state index contributed by atoms with van der Waals surface area (Å²) in [4.78, 5) is 8.88. The first-order valence-electron chi connectivity index (χ1n) is 8.04. The molecule has 7 heteroatoms. The van der Waals surface area contributed by atoms with E-state index in [1.165, 1.54) is 0 Å². The van der Waals surface area contributed by atoms with E-state index in [9.17, 15) is 4.39 Å². The maximum atomic E-state index is 14.0. The SMILES string of the molecule is Nc1nc(-c2ccccc2)c(-c2ccc3[nH]nc(F)c3c2)n2ccnc12. The number of nitrogen functional groups attached to an aromatic ring is 1. The number of nitrogens with one attached hydrogen (secondary N) is 1. The second-order valence-corrected chi connectivity index (χ2v) is 5.96. The highest BCUT2D eigenvalue weighted by molar-refractivity contribution is 5.89. The van der Waals surface area contributed by atoms with Crippen molar-refractivity contribution in [1.29, 1.82) is 0 Å². The van der Waals surface area contributed by atoms with Gasteiger partial charge in [-0.1, -0.05) is 36.4 Å². The Labute approximate surface area is 147 Å². The van der Waals surface area contributed by atoms with Crippen molar-refractivity contribution in [2.75, 3.05) is 5.73 Å². The Morgan fingerprint density at radius 1 is 1.04 bits per heavy atom. The molecule has 0 aliphatic heterocycles. The van der Waals surface area contributed by atoms with E-state index in [4.69, 9.17) is 5.73 Å². The van der Waals surface area contributed by atoms with E-state index in [2.05, 4.69) is 20.2 Å². The van der Waals surface area contributed by atoms with E-state index in [-0.39, 0.29) is 0 Å². The molecule has 0 unspecified atom stereocenters. The molecule has 26 heavy (non-hydrogen) atoms. The molecule has 2 aromatic carbocycles. The van der Waals surface area contributed by atoms with Gasteiger partial charge < -0.3 is 5.73 Å². The fourth-order valence-electron chi connectivity index (χ4n) is 3.21. The lowest BCUT2D eigenvalue weighted by atomic mass is 10.0. The summed E-state index contributed by atoms with van der Waals surface area (Å²) in [7, 11) is 0. The van der Waals surface area contributed by atoms with Gasteiger partial charge in [-0.05, 0) is 12.1 Å². The van der Waals surface area contributed by atoms with E-state index in [0.29, 0.717) is 28.1 Å². The van der Waals surface area contributed by atoms with Crippen LogP contribution < -0.4 is 5.73 Å². The number of aromatic nitrogens is 5. The minimum absolute atomic E-state index is 0.341. The van der Waals surface area contributed by atoms with Gasteiger partial charge in [0.2, 0.25) is 5.95 Å². The number of nitrogens with zero attached hydrogens (tertiary/aromatic N) is 4. The number of nitrogens with two attached hydrogens (primary N) is 1. The van der Waals surface area contributed by atoms with Crippen molar-refractivity contribution in [3.63, 3.8) is 0 Å². The Balaban J connectivity index is 1.89. The average molecular weight is 344 g/mol. The highest BCUT2D eigenvalue weighted by Gasteiger charge is 2.18. The third-order valence-corrected chi connectivity index (χ3v) is 4.40. The number of halogens is 1. The first-order valence-corrected chi connectivity index (χ1v) is 8.04. The molecule has 0 spiro atoms. The van der Waals surface area contributed by atoms with Gasteiger partial charge in [-0.3, -0.25) is 9.50 Å². The number of aromatic amines is 1. The topological polar surface area (TPSA) is 84.9 Å². The van der Waals surface area contributed by atoms with Crippen molar-refractivity contribution in [3.8, 4) is 22.5 Å². The lowest BCUT2D eigenvalue weighted by molar-refractivity contribution is 0.588. The van der Waals surface area contributed by atoms with Crippen molar-refractivity contribution < 1.29 is 4.39 Å². The molecule has 3 aromatic heterocycles. The van der Waals surface area contributed by atoms with Crippen molar-refractivity contribution in [2.24, 2.45) is 0 Å². The first-order chi connectivity index (χ1) is 12.7. The van der Waals surface area contributed by atoms with Crippen LogP contribution in [0.5, 0.6) is 0 Å². The van der Waals surface area contributed by atoms with Gasteiger partial charge in [0, 0.05) is 23.5 Å². The van der Waals surface area contributed by atoms with Crippen LogP contribution >= 0.6 is 0 Å². The number of benzene rings is 2. The smallest absolute Gasteiger partial charge is 0.240 e. The van der Waals surface area contributed by atoms with Gasteiger partial charge in [0.1, 0.15) is 0 Å². The van der Waals surface area contributed by atoms with Crippen molar-refractivity contribution >= 4 is 22.4 Å². The summed E-state index contributed by atoms with van der Waals surface area (Å²) < 4.78 is 15.9. The van der Waals surface area contributed by atoms with Crippen LogP contribution in [0.4, 0.5) is 10.2 Å². The largest absolute Gasteiger partial charge is 0.381 e. The molecule has 0 atom stereocenters. The second-order valence-electron chi connectivity index (χ2n) is 5.96. The number of hydrogen-bond donors (Lipinski definition) is 2. The van der Waals surface area contributed by atoms with Crippen LogP contribution in [-0.4, -0.2) is 24.6 Å². The third kappa shape index (κ3) is 2.07. The van der Waals surface area contributed by atoms with Crippen LogP contribution in [-0.2, 0) is 0 Å². The third-order valence-electron chi connectivity index (χ3n) is 4.40. The summed E-state index contributed by atoms with van der Waals surface area (Å²) in [6, 6.07) is 15.2. The van der Waals surface area contributed by atoms with Crippen LogP contribution in [0, 0.1) is 5.95 Å². The molecular weight excluding hydrogens is 331 g/mol. The quantitative estimate of drug-likeness (QED) is 0.512. The van der Waals surface area contributed by atoms with Crippen LogP contribution in [0.25, 0.3) is 39.1 Å². The van der Waals surface area contributed by atoms with Gasteiger partial charge in [-0.25, -0.2) is 9.97 Å². The minimum Gasteiger partial charge on any atom is -0.381 e. The van der Waals surface area contributed by atoms with Gasteiger partial charge in [0.05, 0.1) is 22.3 Å². The average Bonchev–Trinajstić information content (AvgIpc) is 3.30. The Bertz CT molecular complexity index is 1260. The predicted octanol–water partition coefficient (Wildman–Crippen LogP) is 3.66. The van der Waals surface area contributed by atoms with Gasteiger partial charge in [0.25, 0.3) is 0 Å². The van der Waals surface area contributed by atoms with Crippen LogP contribution in [0.1, 0.15) is 0 Å². The lowest BCUT2D eigenvalue weighted by Gasteiger charge is -2.13. The summed E-state index contributed by atoms with van der Waals surface area (Å²) in [6.45, 7) is 0. The normalized spacial score (nSPS) is 11.4. The summed E-state index contributed by atoms with van der Waals surface area (Å²) >= 11 is 0. The Morgan fingerprint density at radius 2 is 1.88 bits per heavy atom. The number of imidazole rings is 1. The molecule has 0 fully saturated rings. The van der Waals surface area contributed by atoms with Gasteiger partial charge in [0.15, 0.2) is 11.5 Å². The molecule has 126 valence electrons. The summed E-state index contributed by atoms with van der Waals surface area (Å²) in [5.74, 6) is -0.193. The Hall–Kier alpha value is -3.74. The number of rotatable bonds is 2. The van der Waals surface area contributed by atoms with Crippen LogP contribution in [0.3, 0.4) is 0 Å². The highest BCUT2D eigenvalue weighted by Crippen LogP contribution is 2.34. The lowest BCUT2D eigenvalue weighted by Crippen LogP contribution is -2.03. The van der Waals surface area contributed by atoms with Crippen molar-refractivity contribution in [1.82, 2.24) is 24.6 Å². The number of anilines is 1. The Morgan fingerprint density at radius 3 is 2.73 bits per heavy atom. The highest BCUT2D eigenvalue weighted by atomic mass is 19.1. The zero-order valence-corrected chi connectivity index (χ0v) is 13.5. The molecule has 0 aliphatic rings. The number of hydrogen-bond acceptors (Lipinski definition) is 4. The summed E-state index contributed by atoms with van der Waals surface area (Å²) in [6.07, 6.45) is 3.49. The number of fused-ring (bicyclic) bond motifs is 2.